The van der Waals surface area contributed by atoms with Gasteiger partial charge in [-0.2, -0.15) is 5.10 Å². The van der Waals surface area contributed by atoms with Crippen LogP contribution in [-0.2, 0) is 11.3 Å². The molecule has 0 aliphatic rings. The second-order valence-corrected chi connectivity index (χ2v) is 5.94. The van der Waals surface area contributed by atoms with E-state index in [1.807, 2.05) is 0 Å². The summed E-state index contributed by atoms with van der Waals surface area (Å²) < 4.78 is 6.63. The Morgan fingerprint density at radius 2 is 1.76 bits per heavy atom. The molecule has 0 spiro atoms. The van der Waals surface area contributed by atoms with Crippen molar-refractivity contribution in [1.29, 1.82) is 0 Å². The quantitative estimate of drug-likeness (QED) is 0.582. The first-order chi connectivity index (χ1) is 9.79. The van der Waals surface area contributed by atoms with Crippen LogP contribution in [0.4, 0.5) is 0 Å². The van der Waals surface area contributed by atoms with E-state index >= 15 is 0 Å². The Labute approximate surface area is 141 Å². The predicted molar refractivity (Wildman–Crippen MR) is 83.8 cm³/mol. The zero-order valence-corrected chi connectivity index (χ0v) is 14.1. The van der Waals surface area contributed by atoms with E-state index in [4.69, 9.17) is 51.1 Å². The van der Waals surface area contributed by atoms with E-state index in [1.165, 1.54) is 16.8 Å². The van der Waals surface area contributed by atoms with Crippen LogP contribution in [-0.4, -0.2) is 15.7 Å². The number of nitrogens with zero attached hydrogens (tertiary/aromatic N) is 2. The van der Waals surface area contributed by atoms with Gasteiger partial charge in [0.05, 0.1) is 26.5 Å². The number of benzene rings is 1. The molecule has 0 bridgehead atoms. The monoisotopic (exact) mass is 366 g/mol. The summed E-state index contributed by atoms with van der Waals surface area (Å²) in [5.74, 6) is -0.497. The Morgan fingerprint density at radius 3 is 2.24 bits per heavy atom. The molecule has 2 rings (SSSR count). The number of esters is 1. The third-order valence-corrected chi connectivity index (χ3v) is 4.08. The fourth-order valence-electron chi connectivity index (χ4n) is 1.72. The number of halogens is 4. The lowest BCUT2D eigenvalue weighted by molar-refractivity contribution is -0.135. The Bertz CT molecular complexity index is 689. The van der Waals surface area contributed by atoms with Crippen molar-refractivity contribution in [2.45, 2.75) is 20.4 Å². The summed E-state index contributed by atoms with van der Waals surface area (Å²) in [5.41, 5.74) is 1.32. The van der Waals surface area contributed by atoms with Crippen molar-refractivity contribution >= 4 is 52.4 Å². The average molecular weight is 368 g/mol. The lowest BCUT2D eigenvalue weighted by Crippen LogP contribution is -2.18. The van der Waals surface area contributed by atoms with Gasteiger partial charge in [0.1, 0.15) is 6.54 Å². The van der Waals surface area contributed by atoms with Gasteiger partial charge >= 0.3 is 5.97 Å². The first-order valence-corrected chi connectivity index (χ1v) is 7.35. The number of hydrogen-bond donors (Lipinski definition) is 0. The van der Waals surface area contributed by atoms with Crippen LogP contribution in [0.2, 0.25) is 20.1 Å². The molecule has 0 aliphatic heterocycles. The third-order valence-electron chi connectivity index (χ3n) is 2.75. The fraction of sp³-hybridized carbons (Fsp3) is 0.231. The van der Waals surface area contributed by atoms with Gasteiger partial charge in [0.15, 0.2) is 5.75 Å². The summed E-state index contributed by atoms with van der Waals surface area (Å²) in [7, 11) is 0. The molecule has 1 heterocycles. The van der Waals surface area contributed by atoms with Crippen LogP contribution in [0.15, 0.2) is 12.1 Å². The van der Waals surface area contributed by atoms with E-state index in [0.717, 1.165) is 0 Å². The van der Waals surface area contributed by atoms with E-state index in [1.54, 1.807) is 13.8 Å². The van der Waals surface area contributed by atoms with Gasteiger partial charge in [-0.05, 0) is 26.0 Å². The number of aromatic nitrogens is 2. The molecule has 0 aliphatic carbocycles. The molecule has 0 radical (unpaired) electrons. The molecule has 4 nitrogen and oxygen atoms in total. The van der Waals surface area contributed by atoms with Crippen LogP contribution < -0.4 is 4.74 Å². The molecule has 112 valence electrons. The molecule has 1 aromatic carbocycles. The highest BCUT2D eigenvalue weighted by atomic mass is 35.5. The summed E-state index contributed by atoms with van der Waals surface area (Å²) in [5, 5.41) is 5.34. The van der Waals surface area contributed by atoms with Crippen LogP contribution in [0.25, 0.3) is 0 Å². The fourth-order valence-corrected chi connectivity index (χ4v) is 2.75. The normalized spacial score (nSPS) is 10.8. The van der Waals surface area contributed by atoms with Gasteiger partial charge in [0.25, 0.3) is 0 Å². The largest absolute Gasteiger partial charge is 0.422 e. The number of carbonyl (C=O) groups is 1. The van der Waals surface area contributed by atoms with Gasteiger partial charge in [-0.25, -0.2) is 4.79 Å². The first kappa shape index (κ1) is 16.4. The minimum atomic E-state index is -0.566. The van der Waals surface area contributed by atoms with Crippen LogP contribution >= 0.6 is 46.4 Å². The molecule has 0 amide bonds. The molecule has 0 unspecified atom stereocenters. The highest BCUT2D eigenvalue weighted by Crippen LogP contribution is 2.36. The van der Waals surface area contributed by atoms with Gasteiger partial charge in [-0.1, -0.05) is 46.4 Å². The van der Waals surface area contributed by atoms with Crippen LogP contribution in [0.1, 0.15) is 11.4 Å². The smallest absolute Gasteiger partial charge is 0.333 e. The number of rotatable bonds is 3. The minimum absolute atomic E-state index is 0.0698. The molecule has 0 N–H and O–H groups in total. The van der Waals surface area contributed by atoms with Crippen molar-refractivity contribution in [3.05, 3.63) is 43.6 Å². The highest BCUT2D eigenvalue weighted by Gasteiger charge is 2.17. The first-order valence-electron chi connectivity index (χ1n) is 5.84. The van der Waals surface area contributed by atoms with E-state index < -0.39 is 5.97 Å². The Morgan fingerprint density at radius 1 is 1.19 bits per heavy atom. The van der Waals surface area contributed by atoms with Crippen LogP contribution in [0.5, 0.6) is 5.75 Å². The van der Waals surface area contributed by atoms with Crippen molar-refractivity contribution in [2.24, 2.45) is 0 Å². The molecule has 2 aromatic rings. The van der Waals surface area contributed by atoms with Gasteiger partial charge < -0.3 is 4.74 Å². The molecule has 21 heavy (non-hydrogen) atoms. The minimum Gasteiger partial charge on any atom is -0.422 e. The van der Waals surface area contributed by atoms with E-state index in [0.29, 0.717) is 21.4 Å². The molecule has 0 atom stereocenters. The zero-order chi connectivity index (χ0) is 15.7. The van der Waals surface area contributed by atoms with Gasteiger partial charge in [0.2, 0.25) is 0 Å². The lowest BCUT2D eigenvalue weighted by atomic mass is 10.3. The van der Waals surface area contributed by atoms with E-state index in [2.05, 4.69) is 5.10 Å². The van der Waals surface area contributed by atoms with Crippen molar-refractivity contribution in [3.8, 4) is 5.75 Å². The second kappa shape index (κ2) is 6.44. The van der Waals surface area contributed by atoms with Gasteiger partial charge in [0, 0.05) is 5.02 Å². The number of aryl methyl sites for hydroxylation is 1. The average Bonchev–Trinajstić information content (AvgIpc) is 2.61. The van der Waals surface area contributed by atoms with Gasteiger partial charge in [-0.15, -0.1) is 0 Å². The summed E-state index contributed by atoms with van der Waals surface area (Å²) in [6.45, 7) is 3.41. The summed E-state index contributed by atoms with van der Waals surface area (Å²) in [6.07, 6.45) is 0. The molecule has 0 fully saturated rings. The Hall–Kier alpha value is -0.940. The lowest BCUT2D eigenvalue weighted by Gasteiger charge is -2.09. The van der Waals surface area contributed by atoms with E-state index in [9.17, 15) is 4.79 Å². The van der Waals surface area contributed by atoms with Crippen molar-refractivity contribution in [2.75, 3.05) is 0 Å². The summed E-state index contributed by atoms with van der Waals surface area (Å²) in [4.78, 5) is 12.0. The Balaban J connectivity index is 2.17. The number of carbonyl (C=O) groups excluding carboxylic acids is 1. The zero-order valence-electron chi connectivity index (χ0n) is 11.1. The van der Waals surface area contributed by atoms with Crippen molar-refractivity contribution < 1.29 is 9.53 Å². The molecule has 0 saturated carbocycles. The molecular formula is C13H10Cl4N2O2. The third kappa shape index (κ3) is 3.64. The topological polar surface area (TPSA) is 44.1 Å². The highest BCUT2D eigenvalue weighted by molar-refractivity contribution is 6.40. The molecular weight excluding hydrogens is 358 g/mol. The molecule has 0 saturated heterocycles. The Kier molecular flexibility index (Phi) is 5.04. The number of ether oxygens (including phenoxy) is 1. The SMILES string of the molecule is Cc1nn(CC(=O)Oc2c(Cl)cc(Cl)cc2Cl)c(C)c1Cl. The second-order valence-electron chi connectivity index (χ2n) is 4.32. The molecule has 1 aromatic heterocycles. The van der Waals surface area contributed by atoms with Crippen molar-refractivity contribution in [1.82, 2.24) is 9.78 Å². The maximum atomic E-state index is 12.0. The summed E-state index contributed by atoms with van der Waals surface area (Å²) >= 11 is 23.7. The molecule has 8 heteroatoms. The maximum absolute atomic E-state index is 12.0. The van der Waals surface area contributed by atoms with Crippen LogP contribution in [0.3, 0.4) is 0 Å². The summed E-state index contributed by atoms with van der Waals surface area (Å²) in [6, 6.07) is 2.88. The predicted octanol–water partition coefficient (Wildman–Crippen LogP) is 4.72. The maximum Gasteiger partial charge on any atom is 0.333 e. The van der Waals surface area contributed by atoms with Crippen molar-refractivity contribution in [3.63, 3.8) is 0 Å². The van der Waals surface area contributed by atoms with E-state index in [-0.39, 0.29) is 22.3 Å². The standard InChI is InChI=1S/C13H10Cl4N2O2/c1-6-12(17)7(2)19(18-6)5-11(20)21-13-9(15)3-8(14)4-10(13)16/h3-4H,5H2,1-2H3. The van der Waals surface area contributed by atoms with Gasteiger partial charge in [-0.3, -0.25) is 4.68 Å². The number of hydrogen-bond acceptors (Lipinski definition) is 3. The van der Waals surface area contributed by atoms with Crippen LogP contribution in [0, 0.1) is 13.8 Å².